The van der Waals surface area contributed by atoms with Crippen LogP contribution in [0.15, 0.2) is 60.7 Å². The molecule has 1 atom stereocenters. The molecule has 0 saturated carbocycles. The molecule has 0 bridgehead atoms. The number of rotatable bonds is 11. The number of carbonyl (C=O) groups excluding carboxylic acids is 2. The summed E-state index contributed by atoms with van der Waals surface area (Å²) in [6.45, 7) is 0.293. The van der Waals surface area contributed by atoms with Crippen LogP contribution in [0.3, 0.4) is 0 Å². The number of benzene rings is 2. The van der Waals surface area contributed by atoms with Crippen molar-refractivity contribution in [2.75, 3.05) is 6.61 Å². The van der Waals surface area contributed by atoms with Gasteiger partial charge in [-0.3, -0.25) is 4.79 Å². The lowest BCUT2D eigenvalue weighted by molar-refractivity contribution is -0.121. The zero-order valence-electron chi connectivity index (χ0n) is 15.5. The second-order valence-electron chi connectivity index (χ2n) is 6.45. The molecule has 0 heterocycles. The maximum absolute atomic E-state index is 12.6. The van der Waals surface area contributed by atoms with Crippen molar-refractivity contribution in [2.45, 2.75) is 44.8 Å². The minimum Gasteiger partial charge on any atom is -0.445 e. The molecule has 0 fully saturated rings. The van der Waals surface area contributed by atoms with Crippen LogP contribution in [0.25, 0.3) is 0 Å². The molecular weight excluding hydrogens is 342 g/mol. The topological polar surface area (TPSA) is 75.6 Å². The molecule has 0 aliphatic rings. The van der Waals surface area contributed by atoms with Gasteiger partial charge in [0, 0.05) is 13.0 Å². The Bertz CT molecular complexity index is 688. The molecule has 1 unspecified atom stereocenters. The fourth-order valence-corrected chi connectivity index (χ4v) is 2.76. The predicted octanol–water partition coefficient (Wildman–Crippen LogP) is 3.65. The van der Waals surface area contributed by atoms with E-state index in [4.69, 9.17) is 9.84 Å². The molecule has 27 heavy (non-hydrogen) atoms. The quantitative estimate of drug-likeness (QED) is 0.593. The Morgan fingerprint density at radius 3 is 2.15 bits per heavy atom. The molecule has 1 amide bonds. The Kier molecular flexibility index (Phi) is 9.07. The van der Waals surface area contributed by atoms with Crippen LogP contribution in [0, 0.1) is 0 Å². The third-order valence-corrected chi connectivity index (χ3v) is 4.26. The van der Waals surface area contributed by atoms with Crippen LogP contribution < -0.4 is 5.32 Å². The fourth-order valence-electron chi connectivity index (χ4n) is 2.76. The Balaban J connectivity index is 1.91. The van der Waals surface area contributed by atoms with Crippen molar-refractivity contribution >= 4 is 11.9 Å². The molecule has 2 aromatic carbocycles. The van der Waals surface area contributed by atoms with Gasteiger partial charge in [-0.05, 0) is 30.4 Å². The van der Waals surface area contributed by atoms with E-state index in [1.807, 2.05) is 60.7 Å². The van der Waals surface area contributed by atoms with E-state index in [2.05, 4.69) is 5.32 Å². The molecule has 5 nitrogen and oxygen atoms in total. The second kappa shape index (κ2) is 11.9. The van der Waals surface area contributed by atoms with Gasteiger partial charge in [-0.1, -0.05) is 67.1 Å². The molecule has 5 heteroatoms. The van der Waals surface area contributed by atoms with Gasteiger partial charge in [0.05, 0.1) is 6.04 Å². The molecule has 0 saturated heterocycles. The number of ether oxygens (including phenoxy) is 1. The van der Waals surface area contributed by atoms with Gasteiger partial charge >= 0.3 is 6.09 Å². The fraction of sp³-hybridized carbons (Fsp3) is 0.364. The van der Waals surface area contributed by atoms with Gasteiger partial charge in [0.2, 0.25) is 0 Å². The zero-order chi connectivity index (χ0) is 19.3. The highest BCUT2D eigenvalue weighted by atomic mass is 16.5. The number of alkyl carbamates (subject to hydrolysis) is 1. The molecule has 0 radical (unpaired) electrons. The van der Waals surface area contributed by atoms with Gasteiger partial charge in [-0.15, -0.1) is 0 Å². The number of aliphatic hydroxyl groups is 1. The first-order chi connectivity index (χ1) is 13.2. The van der Waals surface area contributed by atoms with Crippen LogP contribution in [0.5, 0.6) is 0 Å². The lowest BCUT2D eigenvalue weighted by atomic mass is 9.99. The van der Waals surface area contributed by atoms with E-state index in [0.717, 1.165) is 17.5 Å². The lowest BCUT2D eigenvalue weighted by Gasteiger charge is -2.18. The lowest BCUT2D eigenvalue weighted by Crippen LogP contribution is -2.42. The molecule has 2 N–H and O–H groups in total. The smallest absolute Gasteiger partial charge is 0.408 e. The number of hydrogen-bond acceptors (Lipinski definition) is 4. The molecule has 0 spiro atoms. The predicted molar refractivity (Wildman–Crippen MR) is 104 cm³/mol. The van der Waals surface area contributed by atoms with Gasteiger partial charge < -0.3 is 15.2 Å². The first kappa shape index (κ1) is 20.6. The first-order valence-electron chi connectivity index (χ1n) is 9.33. The maximum Gasteiger partial charge on any atom is 0.408 e. The van der Waals surface area contributed by atoms with Crippen molar-refractivity contribution in [3.63, 3.8) is 0 Å². The van der Waals surface area contributed by atoms with E-state index in [9.17, 15) is 9.59 Å². The van der Waals surface area contributed by atoms with Gasteiger partial charge in [0.15, 0.2) is 5.78 Å². The summed E-state index contributed by atoms with van der Waals surface area (Å²) in [5, 5.41) is 11.6. The van der Waals surface area contributed by atoms with E-state index < -0.39 is 12.1 Å². The average Bonchev–Trinajstić information content (AvgIpc) is 2.70. The third kappa shape index (κ3) is 8.05. The van der Waals surface area contributed by atoms with Crippen molar-refractivity contribution in [1.82, 2.24) is 5.32 Å². The van der Waals surface area contributed by atoms with E-state index >= 15 is 0 Å². The van der Waals surface area contributed by atoms with Gasteiger partial charge in [-0.25, -0.2) is 4.79 Å². The number of hydrogen-bond donors (Lipinski definition) is 2. The minimum absolute atomic E-state index is 0.0200. The summed E-state index contributed by atoms with van der Waals surface area (Å²) in [6, 6.07) is 18.4. The number of nitrogens with one attached hydrogen (secondary N) is 1. The minimum atomic E-state index is -0.621. The van der Waals surface area contributed by atoms with E-state index in [1.54, 1.807) is 0 Å². The van der Waals surface area contributed by atoms with Crippen LogP contribution in [0.1, 0.15) is 36.8 Å². The molecule has 144 valence electrons. The highest BCUT2D eigenvalue weighted by Gasteiger charge is 2.21. The number of aliphatic hydroxyl groups excluding tert-OH is 1. The Morgan fingerprint density at radius 1 is 0.889 bits per heavy atom. The number of amides is 1. The van der Waals surface area contributed by atoms with E-state index in [1.165, 1.54) is 0 Å². The summed E-state index contributed by atoms with van der Waals surface area (Å²) in [4.78, 5) is 24.8. The van der Waals surface area contributed by atoms with Crippen molar-refractivity contribution in [2.24, 2.45) is 0 Å². The standard InChI is InChI=1S/C22H27NO4/c24-15-9-3-8-14-21(25)20(16-18-10-4-1-5-11-18)23-22(26)27-17-19-12-6-2-7-13-19/h1-2,4-7,10-13,20,24H,3,8-9,14-17H2,(H,23,26). The first-order valence-corrected chi connectivity index (χ1v) is 9.33. The summed E-state index contributed by atoms with van der Waals surface area (Å²) in [6.07, 6.45) is 2.38. The number of Topliss-reactive ketones (excluding diaryl/α,β-unsaturated/α-hetero) is 1. The number of unbranched alkanes of at least 4 members (excludes halogenated alkanes) is 2. The summed E-state index contributed by atoms with van der Waals surface area (Å²) in [5.41, 5.74) is 1.87. The highest BCUT2D eigenvalue weighted by Crippen LogP contribution is 2.09. The Morgan fingerprint density at radius 2 is 1.52 bits per heavy atom. The largest absolute Gasteiger partial charge is 0.445 e. The summed E-state index contributed by atoms with van der Waals surface area (Å²) < 4.78 is 5.25. The average molecular weight is 369 g/mol. The summed E-state index contributed by atoms with van der Waals surface area (Å²) in [5.74, 6) is -0.0200. The van der Waals surface area contributed by atoms with Crippen LogP contribution in [0.4, 0.5) is 4.79 Å². The number of carbonyl (C=O) groups is 2. The summed E-state index contributed by atoms with van der Waals surface area (Å²) >= 11 is 0. The van der Waals surface area contributed by atoms with Crippen molar-refractivity contribution in [3.05, 3.63) is 71.8 Å². The van der Waals surface area contributed by atoms with E-state index in [0.29, 0.717) is 25.7 Å². The van der Waals surface area contributed by atoms with Gasteiger partial charge in [-0.2, -0.15) is 0 Å². The van der Waals surface area contributed by atoms with Crippen LogP contribution in [-0.4, -0.2) is 29.6 Å². The second-order valence-corrected chi connectivity index (χ2v) is 6.45. The summed E-state index contributed by atoms with van der Waals surface area (Å²) in [7, 11) is 0. The van der Waals surface area contributed by atoms with Crippen LogP contribution in [-0.2, 0) is 22.6 Å². The van der Waals surface area contributed by atoms with Gasteiger partial charge in [0.25, 0.3) is 0 Å². The van der Waals surface area contributed by atoms with E-state index in [-0.39, 0.29) is 19.0 Å². The molecule has 2 aromatic rings. The Hall–Kier alpha value is -2.66. The highest BCUT2D eigenvalue weighted by molar-refractivity contribution is 5.87. The number of ketones is 1. The van der Waals surface area contributed by atoms with Crippen LogP contribution >= 0.6 is 0 Å². The Labute approximate surface area is 160 Å². The van der Waals surface area contributed by atoms with Crippen molar-refractivity contribution in [3.8, 4) is 0 Å². The SMILES string of the molecule is O=C(NC(Cc1ccccc1)C(=O)CCCCCO)OCc1ccccc1. The van der Waals surface area contributed by atoms with Crippen molar-refractivity contribution in [1.29, 1.82) is 0 Å². The molecular formula is C22H27NO4. The molecule has 0 aliphatic heterocycles. The molecule has 0 aliphatic carbocycles. The van der Waals surface area contributed by atoms with Gasteiger partial charge in [0.1, 0.15) is 6.61 Å². The van der Waals surface area contributed by atoms with Crippen LogP contribution in [0.2, 0.25) is 0 Å². The monoisotopic (exact) mass is 369 g/mol. The molecule has 2 rings (SSSR count). The maximum atomic E-state index is 12.6. The normalized spacial score (nSPS) is 11.6. The zero-order valence-corrected chi connectivity index (χ0v) is 15.5. The molecule has 0 aromatic heterocycles. The van der Waals surface area contributed by atoms with Crippen molar-refractivity contribution < 1.29 is 19.4 Å². The third-order valence-electron chi connectivity index (χ3n) is 4.26.